The number of nitrogens with one attached hydrogen (secondary N) is 2. The van der Waals surface area contributed by atoms with Crippen molar-refractivity contribution < 1.29 is 14.2 Å². The highest BCUT2D eigenvalue weighted by atomic mass is 127. The Morgan fingerprint density at radius 1 is 0.950 bits per heavy atom. The highest BCUT2D eigenvalue weighted by Crippen LogP contribution is 1.83. The number of ether oxygens (including phenoxy) is 3. The van der Waals surface area contributed by atoms with Gasteiger partial charge in [0, 0.05) is 47.1 Å². The minimum Gasteiger partial charge on any atom is -0.382 e. The summed E-state index contributed by atoms with van der Waals surface area (Å²) in [5.41, 5.74) is 0. The molecule has 20 heavy (non-hydrogen) atoms. The first-order valence-electron chi connectivity index (χ1n) is 6.94. The van der Waals surface area contributed by atoms with Gasteiger partial charge in [-0.3, -0.25) is 4.99 Å². The molecule has 0 rings (SSSR count). The summed E-state index contributed by atoms with van der Waals surface area (Å²) in [6, 6.07) is 0. The van der Waals surface area contributed by atoms with Crippen LogP contribution in [0.15, 0.2) is 4.99 Å². The van der Waals surface area contributed by atoms with Gasteiger partial charge in [0.05, 0.1) is 13.2 Å². The van der Waals surface area contributed by atoms with Crippen LogP contribution in [0.1, 0.15) is 19.8 Å². The summed E-state index contributed by atoms with van der Waals surface area (Å²) in [4.78, 5) is 4.15. The van der Waals surface area contributed by atoms with Gasteiger partial charge in [0.2, 0.25) is 0 Å². The van der Waals surface area contributed by atoms with Crippen molar-refractivity contribution in [3.63, 3.8) is 0 Å². The number of methoxy groups -OCH3 is 1. The number of rotatable bonds is 12. The molecule has 0 amide bonds. The normalized spacial score (nSPS) is 11.1. The molecule has 7 heteroatoms. The SMILES string of the molecule is CCOCCCNC(=NC)NCCCOCCOC.I. The van der Waals surface area contributed by atoms with Gasteiger partial charge in [-0.2, -0.15) is 0 Å². The van der Waals surface area contributed by atoms with Crippen molar-refractivity contribution in [1.82, 2.24) is 10.6 Å². The van der Waals surface area contributed by atoms with Gasteiger partial charge in [0.25, 0.3) is 0 Å². The molecule has 0 aliphatic heterocycles. The van der Waals surface area contributed by atoms with E-state index in [-0.39, 0.29) is 24.0 Å². The van der Waals surface area contributed by atoms with Crippen molar-refractivity contribution in [1.29, 1.82) is 0 Å². The van der Waals surface area contributed by atoms with E-state index in [9.17, 15) is 0 Å². The molecular weight excluding hydrogens is 373 g/mol. The largest absolute Gasteiger partial charge is 0.382 e. The zero-order valence-corrected chi connectivity index (χ0v) is 15.3. The van der Waals surface area contributed by atoms with Crippen LogP contribution in [-0.4, -0.2) is 66.2 Å². The van der Waals surface area contributed by atoms with E-state index < -0.39 is 0 Å². The summed E-state index contributed by atoms with van der Waals surface area (Å²) in [6.45, 7) is 7.31. The van der Waals surface area contributed by atoms with Crippen LogP contribution in [0.4, 0.5) is 0 Å². The highest BCUT2D eigenvalue weighted by molar-refractivity contribution is 14.0. The first-order chi connectivity index (χ1) is 9.35. The molecule has 0 bridgehead atoms. The molecule has 0 aromatic heterocycles. The lowest BCUT2D eigenvalue weighted by atomic mass is 10.4. The van der Waals surface area contributed by atoms with E-state index in [0.29, 0.717) is 13.2 Å². The molecule has 0 heterocycles. The highest BCUT2D eigenvalue weighted by Gasteiger charge is 1.96. The van der Waals surface area contributed by atoms with E-state index in [0.717, 1.165) is 51.7 Å². The maximum atomic E-state index is 5.37. The second-order valence-electron chi connectivity index (χ2n) is 3.93. The number of nitrogens with zero attached hydrogens (tertiary/aromatic N) is 1. The van der Waals surface area contributed by atoms with E-state index in [1.807, 2.05) is 6.92 Å². The predicted octanol–water partition coefficient (Wildman–Crippen LogP) is 1.25. The summed E-state index contributed by atoms with van der Waals surface area (Å²) < 4.78 is 15.5. The molecule has 0 saturated carbocycles. The molecular formula is C13H30IN3O3. The lowest BCUT2D eigenvalue weighted by molar-refractivity contribution is 0.0698. The third kappa shape index (κ3) is 15.9. The maximum Gasteiger partial charge on any atom is 0.190 e. The zero-order valence-electron chi connectivity index (χ0n) is 12.9. The molecule has 0 atom stereocenters. The summed E-state index contributed by atoms with van der Waals surface area (Å²) in [5, 5.41) is 6.48. The fourth-order valence-corrected chi connectivity index (χ4v) is 1.37. The molecule has 6 nitrogen and oxygen atoms in total. The zero-order chi connectivity index (χ0) is 14.2. The molecule has 0 aromatic rings. The van der Waals surface area contributed by atoms with Crippen molar-refractivity contribution in [2.24, 2.45) is 4.99 Å². The molecule has 0 radical (unpaired) electrons. The van der Waals surface area contributed by atoms with Gasteiger partial charge in [-0.25, -0.2) is 0 Å². The molecule has 0 fully saturated rings. The van der Waals surface area contributed by atoms with Crippen LogP contribution in [0.2, 0.25) is 0 Å². The molecule has 0 unspecified atom stereocenters. The van der Waals surface area contributed by atoms with Crippen LogP contribution in [0, 0.1) is 0 Å². The van der Waals surface area contributed by atoms with Gasteiger partial charge in [-0.15, -0.1) is 24.0 Å². The van der Waals surface area contributed by atoms with Crippen LogP contribution < -0.4 is 10.6 Å². The third-order valence-electron chi connectivity index (χ3n) is 2.38. The quantitative estimate of drug-likeness (QED) is 0.222. The minimum absolute atomic E-state index is 0. The summed E-state index contributed by atoms with van der Waals surface area (Å²) in [6.07, 6.45) is 1.93. The van der Waals surface area contributed by atoms with Crippen LogP contribution in [-0.2, 0) is 14.2 Å². The smallest absolute Gasteiger partial charge is 0.190 e. The summed E-state index contributed by atoms with van der Waals surface area (Å²) >= 11 is 0. The molecule has 0 aliphatic rings. The van der Waals surface area contributed by atoms with Crippen LogP contribution in [0.25, 0.3) is 0 Å². The Labute approximate surface area is 140 Å². The topological polar surface area (TPSA) is 64.1 Å². The number of guanidine groups is 1. The van der Waals surface area contributed by atoms with Crippen LogP contribution in [0.5, 0.6) is 0 Å². The minimum atomic E-state index is 0. The predicted molar refractivity (Wildman–Crippen MR) is 93.2 cm³/mol. The second-order valence-corrected chi connectivity index (χ2v) is 3.93. The van der Waals surface area contributed by atoms with E-state index in [4.69, 9.17) is 14.2 Å². The van der Waals surface area contributed by atoms with Gasteiger partial charge in [-0.1, -0.05) is 0 Å². The van der Waals surface area contributed by atoms with Gasteiger partial charge in [0.15, 0.2) is 5.96 Å². The second kappa shape index (κ2) is 18.9. The average molecular weight is 403 g/mol. The van der Waals surface area contributed by atoms with Crippen molar-refractivity contribution in [2.45, 2.75) is 19.8 Å². The Balaban J connectivity index is 0. The van der Waals surface area contributed by atoms with Crippen molar-refractivity contribution >= 4 is 29.9 Å². The summed E-state index contributed by atoms with van der Waals surface area (Å²) in [7, 11) is 3.44. The van der Waals surface area contributed by atoms with E-state index >= 15 is 0 Å². The van der Waals surface area contributed by atoms with Gasteiger partial charge < -0.3 is 24.8 Å². The first-order valence-corrected chi connectivity index (χ1v) is 6.94. The van der Waals surface area contributed by atoms with Crippen molar-refractivity contribution in [2.75, 3.05) is 60.3 Å². The maximum absolute atomic E-state index is 5.37. The average Bonchev–Trinajstić information content (AvgIpc) is 2.44. The van der Waals surface area contributed by atoms with Gasteiger partial charge in [0.1, 0.15) is 0 Å². The number of halogens is 1. The first kappa shape index (κ1) is 22.2. The van der Waals surface area contributed by atoms with Gasteiger partial charge in [-0.05, 0) is 19.8 Å². The Bertz CT molecular complexity index is 219. The Hall–Kier alpha value is -0.120. The lowest BCUT2D eigenvalue weighted by Gasteiger charge is -2.11. The standard InChI is InChI=1S/C13H29N3O3.HI/c1-4-18-9-5-7-15-13(14-2)16-8-6-10-19-12-11-17-3;/h4-12H2,1-3H3,(H2,14,15,16);1H. The Kier molecular flexibility index (Phi) is 20.9. The lowest BCUT2D eigenvalue weighted by Crippen LogP contribution is -2.38. The van der Waals surface area contributed by atoms with E-state index in [1.165, 1.54) is 0 Å². The Morgan fingerprint density at radius 3 is 2.05 bits per heavy atom. The fraction of sp³-hybridized carbons (Fsp3) is 0.923. The van der Waals surface area contributed by atoms with Crippen LogP contribution in [0.3, 0.4) is 0 Å². The molecule has 2 N–H and O–H groups in total. The Morgan fingerprint density at radius 2 is 1.55 bits per heavy atom. The molecule has 0 aromatic carbocycles. The third-order valence-corrected chi connectivity index (χ3v) is 2.38. The number of aliphatic imine (C=N–C) groups is 1. The number of hydrogen-bond donors (Lipinski definition) is 2. The van der Waals surface area contributed by atoms with E-state index in [1.54, 1.807) is 14.2 Å². The molecule has 0 spiro atoms. The van der Waals surface area contributed by atoms with Crippen molar-refractivity contribution in [3.05, 3.63) is 0 Å². The molecule has 122 valence electrons. The molecule has 0 saturated heterocycles. The monoisotopic (exact) mass is 403 g/mol. The van der Waals surface area contributed by atoms with Gasteiger partial charge >= 0.3 is 0 Å². The van der Waals surface area contributed by atoms with E-state index in [2.05, 4.69) is 15.6 Å². The van der Waals surface area contributed by atoms with Crippen molar-refractivity contribution in [3.8, 4) is 0 Å². The number of hydrogen-bond acceptors (Lipinski definition) is 4. The summed E-state index contributed by atoms with van der Waals surface area (Å²) in [5.74, 6) is 0.827. The molecule has 0 aliphatic carbocycles. The fourth-order valence-electron chi connectivity index (χ4n) is 1.37. The van der Waals surface area contributed by atoms with Crippen LogP contribution >= 0.6 is 24.0 Å².